The Balaban J connectivity index is 0.00000162. The van der Waals surface area contributed by atoms with Crippen molar-refractivity contribution in [2.24, 2.45) is 0 Å². The summed E-state index contributed by atoms with van der Waals surface area (Å²) in [7, 11) is 0. The molecule has 2 aromatic carbocycles. The molecular formula is C15H15BrO2. The normalized spacial score (nSPS) is 10.5. The molecule has 0 unspecified atom stereocenters. The number of halogens is 1. The first kappa shape index (κ1) is 14.5. The zero-order valence-electron chi connectivity index (χ0n) is 10.0. The minimum absolute atomic E-state index is 0. The van der Waals surface area contributed by atoms with E-state index in [1.54, 1.807) is 6.92 Å². The van der Waals surface area contributed by atoms with E-state index in [0.29, 0.717) is 0 Å². The minimum Gasteiger partial charge on any atom is -0.480 e. The van der Waals surface area contributed by atoms with Crippen LogP contribution in [0.5, 0.6) is 0 Å². The van der Waals surface area contributed by atoms with Gasteiger partial charge in [0.1, 0.15) is 5.41 Å². The van der Waals surface area contributed by atoms with Gasteiger partial charge in [0, 0.05) is 0 Å². The maximum Gasteiger partial charge on any atom is 0.318 e. The summed E-state index contributed by atoms with van der Waals surface area (Å²) in [6.07, 6.45) is 0. The molecule has 2 nitrogen and oxygen atoms in total. The summed E-state index contributed by atoms with van der Waals surface area (Å²) >= 11 is 0. The quantitative estimate of drug-likeness (QED) is 0.939. The Bertz CT molecular complexity index is 469. The first-order chi connectivity index (χ1) is 8.15. The highest BCUT2D eigenvalue weighted by molar-refractivity contribution is 8.93. The fourth-order valence-electron chi connectivity index (χ4n) is 1.96. The number of hydrogen-bond donors (Lipinski definition) is 1. The lowest BCUT2D eigenvalue weighted by molar-refractivity contribution is -0.141. The number of benzene rings is 2. The monoisotopic (exact) mass is 306 g/mol. The van der Waals surface area contributed by atoms with Crippen LogP contribution in [0, 0.1) is 0 Å². The van der Waals surface area contributed by atoms with Gasteiger partial charge in [0.15, 0.2) is 0 Å². The van der Waals surface area contributed by atoms with Crippen LogP contribution in [0.2, 0.25) is 0 Å². The van der Waals surface area contributed by atoms with E-state index in [9.17, 15) is 9.90 Å². The van der Waals surface area contributed by atoms with Crippen LogP contribution in [-0.2, 0) is 10.2 Å². The van der Waals surface area contributed by atoms with Gasteiger partial charge in [0.2, 0.25) is 0 Å². The number of carboxylic acid groups (broad SMARTS) is 1. The van der Waals surface area contributed by atoms with Crippen molar-refractivity contribution in [1.82, 2.24) is 0 Å². The van der Waals surface area contributed by atoms with Gasteiger partial charge in [0.05, 0.1) is 0 Å². The van der Waals surface area contributed by atoms with Crippen LogP contribution in [-0.4, -0.2) is 11.1 Å². The van der Waals surface area contributed by atoms with E-state index in [1.165, 1.54) is 0 Å². The number of aliphatic carboxylic acids is 1. The molecule has 2 rings (SSSR count). The Labute approximate surface area is 117 Å². The van der Waals surface area contributed by atoms with Crippen molar-refractivity contribution in [1.29, 1.82) is 0 Å². The van der Waals surface area contributed by atoms with Crippen molar-refractivity contribution in [3.8, 4) is 0 Å². The second-order valence-corrected chi connectivity index (χ2v) is 4.16. The van der Waals surface area contributed by atoms with Crippen molar-refractivity contribution in [3.63, 3.8) is 0 Å². The number of carbonyl (C=O) groups is 1. The predicted molar refractivity (Wildman–Crippen MR) is 77.3 cm³/mol. The summed E-state index contributed by atoms with van der Waals surface area (Å²) in [4.78, 5) is 11.6. The molecule has 18 heavy (non-hydrogen) atoms. The summed E-state index contributed by atoms with van der Waals surface area (Å²) in [6, 6.07) is 18.6. The van der Waals surface area contributed by atoms with Crippen LogP contribution in [0.15, 0.2) is 60.7 Å². The van der Waals surface area contributed by atoms with E-state index in [1.807, 2.05) is 60.7 Å². The Kier molecular flexibility index (Phi) is 4.68. The van der Waals surface area contributed by atoms with E-state index in [4.69, 9.17) is 0 Å². The molecule has 0 aliphatic rings. The molecule has 3 heteroatoms. The van der Waals surface area contributed by atoms with Crippen molar-refractivity contribution in [3.05, 3.63) is 71.8 Å². The largest absolute Gasteiger partial charge is 0.480 e. The summed E-state index contributed by atoms with van der Waals surface area (Å²) in [5.74, 6) is -0.838. The third-order valence-corrected chi connectivity index (χ3v) is 3.13. The van der Waals surface area contributed by atoms with E-state index in [-0.39, 0.29) is 17.0 Å². The fraction of sp³-hybridized carbons (Fsp3) is 0.133. The van der Waals surface area contributed by atoms with Gasteiger partial charge in [-0.15, -0.1) is 17.0 Å². The van der Waals surface area contributed by atoms with E-state index in [0.717, 1.165) is 11.1 Å². The molecule has 0 saturated heterocycles. The summed E-state index contributed by atoms with van der Waals surface area (Å²) in [5, 5.41) is 9.54. The van der Waals surface area contributed by atoms with Crippen LogP contribution in [0.4, 0.5) is 0 Å². The van der Waals surface area contributed by atoms with Gasteiger partial charge in [0.25, 0.3) is 0 Å². The molecule has 0 heterocycles. The zero-order chi connectivity index (χ0) is 12.3. The maximum absolute atomic E-state index is 11.6. The summed E-state index contributed by atoms with van der Waals surface area (Å²) in [5.41, 5.74) is 0.583. The van der Waals surface area contributed by atoms with Gasteiger partial charge in [-0.1, -0.05) is 60.7 Å². The fourth-order valence-corrected chi connectivity index (χ4v) is 1.96. The first-order valence-corrected chi connectivity index (χ1v) is 5.50. The lowest BCUT2D eigenvalue weighted by Gasteiger charge is -2.25. The third-order valence-electron chi connectivity index (χ3n) is 3.13. The average Bonchev–Trinajstić information content (AvgIpc) is 2.39. The molecule has 1 N–H and O–H groups in total. The molecular weight excluding hydrogens is 292 g/mol. The Hall–Kier alpha value is -1.61. The van der Waals surface area contributed by atoms with Crippen molar-refractivity contribution < 1.29 is 9.90 Å². The molecule has 0 radical (unpaired) electrons. The lowest BCUT2D eigenvalue weighted by Crippen LogP contribution is -2.33. The molecule has 0 aliphatic carbocycles. The lowest BCUT2D eigenvalue weighted by atomic mass is 9.76. The smallest absolute Gasteiger partial charge is 0.318 e. The zero-order valence-corrected chi connectivity index (χ0v) is 11.8. The van der Waals surface area contributed by atoms with Crippen molar-refractivity contribution >= 4 is 23.0 Å². The maximum atomic E-state index is 11.6. The predicted octanol–water partition coefficient (Wildman–Crippen LogP) is 3.66. The van der Waals surface area contributed by atoms with Crippen LogP contribution >= 0.6 is 17.0 Å². The average molecular weight is 307 g/mol. The van der Waals surface area contributed by atoms with Gasteiger partial charge < -0.3 is 5.11 Å². The Morgan fingerprint density at radius 3 is 1.50 bits per heavy atom. The molecule has 2 aromatic rings. The Morgan fingerprint density at radius 1 is 0.889 bits per heavy atom. The molecule has 0 atom stereocenters. The van der Waals surface area contributed by atoms with Gasteiger partial charge in [-0.2, -0.15) is 0 Å². The first-order valence-electron chi connectivity index (χ1n) is 5.50. The second kappa shape index (κ2) is 5.83. The minimum atomic E-state index is -0.998. The molecule has 0 saturated carbocycles. The third kappa shape index (κ3) is 2.46. The number of hydrogen-bond acceptors (Lipinski definition) is 1. The van der Waals surface area contributed by atoms with E-state index in [2.05, 4.69) is 0 Å². The number of rotatable bonds is 3. The van der Waals surface area contributed by atoms with E-state index >= 15 is 0 Å². The van der Waals surface area contributed by atoms with Gasteiger partial charge >= 0.3 is 5.97 Å². The second-order valence-electron chi connectivity index (χ2n) is 4.16. The van der Waals surface area contributed by atoms with Gasteiger partial charge in [-0.05, 0) is 18.1 Å². The highest BCUT2D eigenvalue weighted by Gasteiger charge is 2.36. The van der Waals surface area contributed by atoms with Crippen molar-refractivity contribution in [2.45, 2.75) is 12.3 Å². The van der Waals surface area contributed by atoms with E-state index < -0.39 is 11.4 Å². The highest BCUT2D eigenvalue weighted by atomic mass is 79.9. The molecule has 94 valence electrons. The van der Waals surface area contributed by atoms with Crippen LogP contribution in [0.25, 0.3) is 0 Å². The summed E-state index contributed by atoms with van der Waals surface area (Å²) < 4.78 is 0. The topological polar surface area (TPSA) is 37.3 Å². The SMILES string of the molecule is Br.CC(C(=O)O)(c1ccccc1)c1ccccc1. The van der Waals surface area contributed by atoms with Gasteiger partial charge in [-0.25, -0.2) is 0 Å². The van der Waals surface area contributed by atoms with Gasteiger partial charge in [-0.3, -0.25) is 4.79 Å². The van der Waals surface area contributed by atoms with Crippen molar-refractivity contribution in [2.75, 3.05) is 0 Å². The standard InChI is InChI=1S/C15H14O2.BrH/c1-15(14(16)17,12-8-4-2-5-9-12)13-10-6-3-7-11-13;/h2-11H,1H3,(H,16,17);1H. The number of carboxylic acids is 1. The van der Waals surface area contributed by atoms with Crippen LogP contribution in [0.3, 0.4) is 0 Å². The van der Waals surface area contributed by atoms with Crippen LogP contribution < -0.4 is 0 Å². The molecule has 0 fully saturated rings. The molecule has 0 aliphatic heterocycles. The molecule has 0 spiro atoms. The molecule has 0 aromatic heterocycles. The summed E-state index contributed by atoms with van der Waals surface area (Å²) in [6.45, 7) is 1.74. The Morgan fingerprint density at radius 2 is 1.22 bits per heavy atom. The van der Waals surface area contributed by atoms with Crippen LogP contribution in [0.1, 0.15) is 18.1 Å². The molecule has 0 bridgehead atoms. The molecule has 0 amide bonds. The highest BCUT2D eigenvalue weighted by Crippen LogP contribution is 2.31.